The molecule has 11 heavy (non-hydrogen) atoms. The molecular formula is C6H8N2O3. The number of carboxylic acid groups (broad SMARTS) is 1. The Morgan fingerprint density at radius 2 is 2.55 bits per heavy atom. The van der Waals surface area contributed by atoms with Crippen LogP contribution in [0, 0.1) is 0 Å². The maximum absolute atomic E-state index is 10.5. The zero-order valence-corrected chi connectivity index (χ0v) is 5.97. The van der Waals surface area contributed by atoms with Gasteiger partial charge in [0.2, 0.25) is 0 Å². The first kappa shape index (κ1) is 7.74. The maximum Gasteiger partial charge on any atom is 0.334 e. The van der Waals surface area contributed by atoms with Crippen molar-refractivity contribution in [3.05, 3.63) is 12.4 Å². The molecule has 1 N–H and O–H groups in total. The van der Waals surface area contributed by atoms with Crippen molar-refractivity contribution in [3.63, 3.8) is 0 Å². The highest BCUT2D eigenvalue weighted by Crippen LogP contribution is 2.03. The summed E-state index contributed by atoms with van der Waals surface area (Å²) in [5.41, 5.74) is 0. The van der Waals surface area contributed by atoms with Gasteiger partial charge in [-0.15, -0.1) is 0 Å². The average molecular weight is 156 g/mol. The molecule has 1 aliphatic heterocycles. The second-order valence-corrected chi connectivity index (χ2v) is 1.92. The van der Waals surface area contributed by atoms with Gasteiger partial charge in [-0.05, 0) is 0 Å². The highest BCUT2D eigenvalue weighted by Gasteiger charge is 2.22. The number of hydrogen-bond donors (Lipinski definition) is 1. The van der Waals surface area contributed by atoms with Gasteiger partial charge in [0.15, 0.2) is 6.04 Å². The Morgan fingerprint density at radius 1 is 1.82 bits per heavy atom. The molecule has 0 spiro atoms. The van der Waals surface area contributed by atoms with E-state index in [1.807, 2.05) is 0 Å². The molecule has 5 heteroatoms. The molecule has 0 saturated carbocycles. The Kier molecular flexibility index (Phi) is 2.22. The lowest BCUT2D eigenvalue weighted by Gasteiger charge is -2.22. The third kappa shape index (κ3) is 1.56. The summed E-state index contributed by atoms with van der Waals surface area (Å²) < 4.78 is 0. The second kappa shape index (κ2) is 3.16. The van der Waals surface area contributed by atoms with Crippen molar-refractivity contribution in [1.82, 2.24) is 5.06 Å². The fourth-order valence-corrected chi connectivity index (χ4v) is 0.741. The topological polar surface area (TPSA) is 62.1 Å². The van der Waals surface area contributed by atoms with Crippen molar-refractivity contribution in [2.75, 3.05) is 7.11 Å². The van der Waals surface area contributed by atoms with Crippen LogP contribution in [0.1, 0.15) is 0 Å². The largest absolute Gasteiger partial charge is 0.479 e. The number of nitrogens with zero attached hydrogens (tertiary/aromatic N) is 2. The first-order valence-electron chi connectivity index (χ1n) is 3.01. The van der Waals surface area contributed by atoms with E-state index in [1.165, 1.54) is 30.8 Å². The molecule has 1 aliphatic rings. The molecule has 5 nitrogen and oxygen atoms in total. The average Bonchev–Trinajstić information content (AvgIpc) is 2.04. The number of hydroxylamine groups is 2. The third-order valence-electron chi connectivity index (χ3n) is 1.26. The summed E-state index contributed by atoms with van der Waals surface area (Å²) in [6.07, 6.45) is 4.22. The smallest absolute Gasteiger partial charge is 0.334 e. The van der Waals surface area contributed by atoms with Crippen LogP contribution in [0.15, 0.2) is 17.4 Å². The predicted molar refractivity (Wildman–Crippen MR) is 37.9 cm³/mol. The highest BCUT2D eigenvalue weighted by atomic mass is 16.7. The Bertz CT molecular complexity index is 212. The number of rotatable bonds is 2. The summed E-state index contributed by atoms with van der Waals surface area (Å²) >= 11 is 0. The highest BCUT2D eigenvalue weighted by molar-refractivity contribution is 5.93. The first-order chi connectivity index (χ1) is 5.25. The summed E-state index contributed by atoms with van der Waals surface area (Å²) in [5.74, 6) is -0.986. The maximum atomic E-state index is 10.5. The van der Waals surface area contributed by atoms with Crippen LogP contribution < -0.4 is 0 Å². The van der Waals surface area contributed by atoms with E-state index in [9.17, 15) is 4.79 Å². The summed E-state index contributed by atoms with van der Waals surface area (Å²) in [6.45, 7) is 0. The normalized spacial score (nSPS) is 22.3. The van der Waals surface area contributed by atoms with Crippen molar-refractivity contribution in [3.8, 4) is 0 Å². The Hall–Kier alpha value is -1.36. The zero-order valence-electron chi connectivity index (χ0n) is 5.97. The number of hydrogen-bond acceptors (Lipinski definition) is 4. The van der Waals surface area contributed by atoms with Crippen LogP contribution >= 0.6 is 0 Å². The minimum Gasteiger partial charge on any atom is -0.479 e. The number of aliphatic imine (C=N–C) groups is 1. The quantitative estimate of drug-likeness (QED) is 0.604. The van der Waals surface area contributed by atoms with Gasteiger partial charge >= 0.3 is 5.97 Å². The fourth-order valence-electron chi connectivity index (χ4n) is 0.741. The van der Waals surface area contributed by atoms with E-state index in [0.717, 1.165) is 0 Å². The summed E-state index contributed by atoms with van der Waals surface area (Å²) in [5, 5.41) is 9.80. The molecular weight excluding hydrogens is 148 g/mol. The van der Waals surface area contributed by atoms with Gasteiger partial charge in [-0.25, -0.2) is 9.86 Å². The Balaban J connectivity index is 2.70. The van der Waals surface area contributed by atoms with E-state index < -0.39 is 12.0 Å². The third-order valence-corrected chi connectivity index (χ3v) is 1.26. The van der Waals surface area contributed by atoms with Crippen LogP contribution in [0.4, 0.5) is 0 Å². The SMILES string of the molecule is CON1C=CN=CC1C(=O)O. The monoisotopic (exact) mass is 156 g/mol. The molecule has 0 aromatic heterocycles. The van der Waals surface area contributed by atoms with Gasteiger partial charge in [0, 0.05) is 18.6 Å². The van der Waals surface area contributed by atoms with E-state index in [-0.39, 0.29) is 0 Å². The van der Waals surface area contributed by atoms with Crippen molar-refractivity contribution >= 4 is 12.2 Å². The van der Waals surface area contributed by atoms with Gasteiger partial charge in [-0.2, -0.15) is 0 Å². The molecule has 1 rings (SSSR count). The van der Waals surface area contributed by atoms with E-state index >= 15 is 0 Å². The Morgan fingerprint density at radius 3 is 3.00 bits per heavy atom. The summed E-state index contributed by atoms with van der Waals surface area (Å²) in [6, 6.07) is -0.815. The molecule has 1 atom stereocenters. The predicted octanol–water partition coefficient (Wildman–Crippen LogP) is -0.141. The van der Waals surface area contributed by atoms with Gasteiger partial charge in [0.1, 0.15) is 0 Å². The molecule has 0 radical (unpaired) electrons. The van der Waals surface area contributed by atoms with Crippen molar-refractivity contribution in [2.45, 2.75) is 6.04 Å². The molecule has 60 valence electrons. The molecule has 0 aromatic carbocycles. The molecule has 0 saturated heterocycles. The molecule has 1 unspecified atom stereocenters. The van der Waals surface area contributed by atoms with Gasteiger partial charge in [0.05, 0.1) is 7.11 Å². The van der Waals surface area contributed by atoms with Crippen LogP contribution in [0.3, 0.4) is 0 Å². The van der Waals surface area contributed by atoms with Crippen molar-refractivity contribution < 1.29 is 14.7 Å². The minimum absolute atomic E-state index is 0.815. The molecule has 1 heterocycles. The van der Waals surface area contributed by atoms with E-state index in [2.05, 4.69) is 4.99 Å². The fraction of sp³-hybridized carbons (Fsp3) is 0.333. The van der Waals surface area contributed by atoms with E-state index in [0.29, 0.717) is 0 Å². The summed E-state index contributed by atoms with van der Waals surface area (Å²) in [7, 11) is 1.40. The van der Waals surface area contributed by atoms with Crippen molar-refractivity contribution in [1.29, 1.82) is 0 Å². The van der Waals surface area contributed by atoms with Crippen LogP contribution in [0.5, 0.6) is 0 Å². The number of aliphatic carboxylic acids is 1. The molecule has 0 bridgehead atoms. The minimum atomic E-state index is -0.986. The van der Waals surface area contributed by atoms with Crippen LogP contribution in [0.2, 0.25) is 0 Å². The lowest BCUT2D eigenvalue weighted by atomic mass is 10.3. The van der Waals surface area contributed by atoms with E-state index in [4.69, 9.17) is 9.94 Å². The van der Waals surface area contributed by atoms with Gasteiger partial charge in [-0.1, -0.05) is 0 Å². The summed E-state index contributed by atoms with van der Waals surface area (Å²) in [4.78, 5) is 18.9. The second-order valence-electron chi connectivity index (χ2n) is 1.92. The van der Waals surface area contributed by atoms with Crippen LogP contribution in [-0.2, 0) is 9.63 Å². The van der Waals surface area contributed by atoms with Gasteiger partial charge < -0.3 is 5.11 Å². The molecule has 0 aromatic rings. The molecule has 0 amide bonds. The van der Waals surface area contributed by atoms with E-state index in [1.54, 1.807) is 0 Å². The van der Waals surface area contributed by atoms with Crippen LogP contribution in [0.25, 0.3) is 0 Å². The van der Waals surface area contributed by atoms with Gasteiger partial charge in [0.25, 0.3) is 0 Å². The van der Waals surface area contributed by atoms with Gasteiger partial charge in [-0.3, -0.25) is 9.83 Å². The zero-order chi connectivity index (χ0) is 8.27. The number of carboxylic acids is 1. The van der Waals surface area contributed by atoms with Crippen LogP contribution in [-0.4, -0.2) is 35.5 Å². The molecule has 0 aliphatic carbocycles. The number of carbonyl (C=O) groups is 1. The lowest BCUT2D eigenvalue weighted by Crippen LogP contribution is -2.39. The lowest BCUT2D eigenvalue weighted by molar-refractivity contribution is -0.157. The molecule has 0 fully saturated rings. The standard InChI is InChI=1S/C6H8N2O3/c1-11-8-3-2-7-4-5(8)6(9)10/h2-5H,1H3,(H,9,10). The first-order valence-corrected chi connectivity index (χ1v) is 3.01. The van der Waals surface area contributed by atoms with Crippen molar-refractivity contribution in [2.24, 2.45) is 4.99 Å². The Labute approximate surface area is 63.5 Å².